The molecular weight excluding hydrogens is 290 g/mol. The third-order valence-electron chi connectivity index (χ3n) is 4.13. The lowest BCUT2D eigenvalue weighted by Gasteiger charge is -2.20. The van der Waals surface area contributed by atoms with Crippen molar-refractivity contribution >= 4 is 16.0 Å². The fraction of sp³-hybridized carbons (Fsp3) is 0.533. The molecule has 0 amide bonds. The highest BCUT2D eigenvalue weighted by atomic mass is 32.2. The normalized spacial score (nSPS) is 24.3. The van der Waals surface area contributed by atoms with Gasteiger partial charge in [-0.05, 0) is 17.9 Å². The predicted molar refractivity (Wildman–Crippen MR) is 80.5 cm³/mol. The maximum Gasteiger partial charge on any atom is 0.322 e. The Balaban J connectivity index is 2.08. The molecule has 0 spiro atoms. The van der Waals surface area contributed by atoms with Crippen LogP contribution in [0.25, 0.3) is 0 Å². The molecule has 1 aromatic rings. The molecule has 0 saturated heterocycles. The molecule has 0 aliphatic heterocycles. The molecule has 1 fully saturated rings. The fourth-order valence-corrected chi connectivity index (χ4v) is 4.39. The Kier molecular flexibility index (Phi) is 4.68. The van der Waals surface area contributed by atoms with Gasteiger partial charge in [0, 0.05) is 5.92 Å². The van der Waals surface area contributed by atoms with Crippen LogP contribution in [-0.2, 0) is 14.8 Å². The van der Waals surface area contributed by atoms with E-state index in [9.17, 15) is 18.3 Å². The van der Waals surface area contributed by atoms with Crippen LogP contribution >= 0.6 is 0 Å². The van der Waals surface area contributed by atoms with E-state index in [0.29, 0.717) is 12.8 Å². The Morgan fingerprint density at radius 2 is 2.00 bits per heavy atom. The van der Waals surface area contributed by atoms with E-state index < -0.39 is 27.3 Å². The van der Waals surface area contributed by atoms with Crippen molar-refractivity contribution in [2.45, 2.75) is 43.9 Å². The molecule has 4 atom stereocenters. The molecule has 1 saturated carbocycles. The molecule has 116 valence electrons. The van der Waals surface area contributed by atoms with Crippen molar-refractivity contribution in [3.63, 3.8) is 0 Å². The summed E-state index contributed by atoms with van der Waals surface area (Å²) < 4.78 is 27.1. The van der Waals surface area contributed by atoms with E-state index in [4.69, 9.17) is 0 Å². The summed E-state index contributed by atoms with van der Waals surface area (Å²) in [5, 5.41) is 8.67. The molecule has 2 N–H and O–H groups in total. The summed E-state index contributed by atoms with van der Waals surface area (Å²) in [5.41, 5.74) is 0.989. The molecule has 0 radical (unpaired) electrons. The number of hydrogen-bond donors (Lipinski definition) is 2. The van der Waals surface area contributed by atoms with E-state index in [1.54, 1.807) is 6.92 Å². The number of benzene rings is 1. The first-order valence-electron chi connectivity index (χ1n) is 7.15. The average Bonchev–Trinajstić information content (AvgIpc) is 3.26. The zero-order valence-corrected chi connectivity index (χ0v) is 13.0. The highest BCUT2D eigenvalue weighted by Crippen LogP contribution is 2.45. The van der Waals surface area contributed by atoms with Crippen LogP contribution in [0.15, 0.2) is 30.3 Å². The fourth-order valence-electron chi connectivity index (χ4n) is 2.48. The number of rotatable bonds is 7. The minimum absolute atomic E-state index is 0.0323. The minimum Gasteiger partial charge on any atom is -0.480 e. The molecule has 0 aromatic heterocycles. The molecule has 5 nitrogen and oxygen atoms in total. The van der Waals surface area contributed by atoms with E-state index in [-0.39, 0.29) is 11.8 Å². The van der Waals surface area contributed by atoms with Gasteiger partial charge in [0.1, 0.15) is 6.04 Å². The maximum atomic E-state index is 12.3. The van der Waals surface area contributed by atoms with Gasteiger partial charge in [0.25, 0.3) is 0 Å². The zero-order valence-electron chi connectivity index (χ0n) is 12.2. The molecule has 6 heteroatoms. The van der Waals surface area contributed by atoms with Gasteiger partial charge in [0.05, 0.1) is 5.25 Å². The van der Waals surface area contributed by atoms with Gasteiger partial charge >= 0.3 is 5.97 Å². The van der Waals surface area contributed by atoms with Crippen LogP contribution in [0.5, 0.6) is 0 Å². The van der Waals surface area contributed by atoms with Gasteiger partial charge in [-0.3, -0.25) is 4.79 Å². The highest BCUT2D eigenvalue weighted by molar-refractivity contribution is 7.90. The lowest BCUT2D eigenvalue weighted by atomic mass is 10.0. The third kappa shape index (κ3) is 3.63. The van der Waals surface area contributed by atoms with Crippen LogP contribution in [-0.4, -0.2) is 30.8 Å². The van der Waals surface area contributed by atoms with Crippen LogP contribution in [0.2, 0.25) is 0 Å². The van der Waals surface area contributed by atoms with Gasteiger partial charge in [-0.1, -0.05) is 50.6 Å². The zero-order chi connectivity index (χ0) is 15.6. The van der Waals surface area contributed by atoms with Crippen LogP contribution in [0.4, 0.5) is 0 Å². The van der Waals surface area contributed by atoms with E-state index in [0.717, 1.165) is 5.56 Å². The molecule has 0 unspecified atom stereocenters. The molecule has 1 aliphatic rings. The predicted octanol–water partition coefficient (Wildman–Crippen LogP) is 1.96. The van der Waals surface area contributed by atoms with Crippen molar-refractivity contribution < 1.29 is 18.3 Å². The molecule has 0 heterocycles. The van der Waals surface area contributed by atoms with Crippen LogP contribution in [0, 0.1) is 5.92 Å². The summed E-state index contributed by atoms with van der Waals surface area (Å²) in [4.78, 5) is 11.2. The first-order chi connectivity index (χ1) is 9.86. The van der Waals surface area contributed by atoms with Gasteiger partial charge in [-0.25, -0.2) is 13.1 Å². The second-order valence-electron chi connectivity index (χ2n) is 5.66. The van der Waals surface area contributed by atoms with E-state index in [1.165, 1.54) is 0 Å². The van der Waals surface area contributed by atoms with E-state index >= 15 is 0 Å². The maximum absolute atomic E-state index is 12.3. The van der Waals surface area contributed by atoms with E-state index in [1.807, 2.05) is 37.3 Å². The minimum atomic E-state index is -3.61. The molecule has 1 aliphatic carbocycles. The van der Waals surface area contributed by atoms with Crippen molar-refractivity contribution in [3.05, 3.63) is 35.9 Å². The summed E-state index contributed by atoms with van der Waals surface area (Å²) in [7, 11) is -3.61. The third-order valence-corrected chi connectivity index (χ3v) is 6.03. The Hall–Kier alpha value is -1.40. The topological polar surface area (TPSA) is 83.5 Å². The first kappa shape index (κ1) is 16.0. The number of aliphatic carboxylic acids is 1. The van der Waals surface area contributed by atoms with E-state index in [2.05, 4.69) is 4.72 Å². The van der Waals surface area contributed by atoms with Crippen molar-refractivity contribution in [1.29, 1.82) is 0 Å². The highest BCUT2D eigenvalue weighted by Gasteiger charge is 2.49. The second kappa shape index (κ2) is 6.15. The molecule has 1 aromatic carbocycles. The lowest BCUT2D eigenvalue weighted by molar-refractivity contribution is -0.140. The smallest absolute Gasteiger partial charge is 0.322 e. The number of carbonyl (C=O) groups is 1. The number of carboxylic acid groups (broad SMARTS) is 1. The Morgan fingerprint density at radius 1 is 1.38 bits per heavy atom. The number of carboxylic acids is 1. The molecule has 2 rings (SSSR count). The van der Waals surface area contributed by atoms with Crippen molar-refractivity contribution in [2.24, 2.45) is 5.92 Å². The molecule has 21 heavy (non-hydrogen) atoms. The monoisotopic (exact) mass is 311 g/mol. The summed E-state index contributed by atoms with van der Waals surface area (Å²) in [5.74, 6) is -1.40. The molecular formula is C15H21NO4S. The van der Waals surface area contributed by atoms with Crippen LogP contribution < -0.4 is 4.72 Å². The summed E-state index contributed by atoms with van der Waals surface area (Å²) in [6.45, 7) is 3.59. The number of sulfonamides is 1. The van der Waals surface area contributed by atoms with Crippen molar-refractivity contribution in [1.82, 2.24) is 4.72 Å². The first-order valence-corrected chi connectivity index (χ1v) is 8.70. The Labute approximate surface area is 125 Å². The largest absolute Gasteiger partial charge is 0.480 e. The summed E-state index contributed by atoms with van der Waals surface area (Å²) in [6, 6.07) is 8.40. The second-order valence-corrected chi connectivity index (χ2v) is 7.59. The van der Waals surface area contributed by atoms with Crippen molar-refractivity contribution in [2.75, 3.05) is 0 Å². The Bertz CT molecular complexity index is 599. The number of nitrogens with one attached hydrogen (secondary N) is 1. The average molecular weight is 311 g/mol. The van der Waals surface area contributed by atoms with Crippen LogP contribution in [0.3, 0.4) is 0 Å². The standard InChI is InChI=1S/C15H21NO4S/c1-3-10(2)14(15(17)18)16-21(19,20)13-9-12(13)11-7-5-4-6-8-11/h4-8,10,12-14,16H,3,9H2,1-2H3,(H,17,18)/t10-,12+,13-,14-/m1/s1. The van der Waals surface area contributed by atoms with Gasteiger partial charge in [-0.15, -0.1) is 0 Å². The molecule has 0 bridgehead atoms. The van der Waals surface area contributed by atoms with Gasteiger partial charge in [-0.2, -0.15) is 0 Å². The lowest BCUT2D eigenvalue weighted by Crippen LogP contribution is -2.46. The van der Waals surface area contributed by atoms with Crippen LogP contribution in [0.1, 0.15) is 38.2 Å². The van der Waals surface area contributed by atoms with Gasteiger partial charge in [0.2, 0.25) is 10.0 Å². The Morgan fingerprint density at radius 3 is 2.52 bits per heavy atom. The summed E-state index contributed by atoms with van der Waals surface area (Å²) >= 11 is 0. The summed E-state index contributed by atoms with van der Waals surface area (Å²) in [6.07, 6.45) is 1.15. The quantitative estimate of drug-likeness (QED) is 0.806. The van der Waals surface area contributed by atoms with Gasteiger partial charge in [0.15, 0.2) is 0 Å². The van der Waals surface area contributed by atoms with Gasteiger partial charge < -0.3 is 5.11 Å². The van der Waals surface area contributed by atoms with Crippen molar-refractivity contribution in [3.8, 4) is 0 Å². The number of hydrogen-bond acceptors (Lipinski definition) is 3. The SMILES string of the molecule is CC[C@@H](C)[C@@H](NS(=O)(=O)[C@@H]1C[C@H]1c1ccccc1)C(=O)O.